The quantitative estimate of drug-likeness (QED) is 0.0200. The molecule has 0 fully saturated rings. The van der Waals surface area contributed by atoms with Gasteiger partial charge in [0.15, 0.2) is 6.10 Å². The highest BCUT2D eigenvalue weighted by Gasteiger charge is 2.19. The highest BCUT2D eigenvalue weighted by Crippen LogP contribution is 2.12. The van der Waals surface area contributed by atoms with Gasteiger partial charge in [-0.2, -0.15) is 0 Å². The normalized spacial score (nSPS) is 13.1. The van der Waals surface area contributed by atoms with Crippen LogP contribution in [0.4, 0.5) is 0 Å². The van der Waals surface area contributed by atoms with Gasteiger partial charge in [0.2, 0.25) is 0 Å². The first-order valence-corrected chi connectivity index (χ1v) is 24.6. The van der Waals surface area contributed by atoms with Gasteiger partial charge < -0.3 is 14.2 Å². The first-order chi connectivity index (χ1) is 30.5. The van der Waals surface area contributed by atoms with E-state index in [1.807, 2.05) is 24.3 Å². The van der Waals surface area contributed by atoms with Crippen molar-refractivity contribution in [3.05, 3.63) is 122 Å². The number of ether oxygens (including phenoxy) is 3. The third-order valence-electron chi connectivity index (χ3n) is 9.78. The summed E-state index contributed by atoms with van der Waals surface area (Å²) in [5, 5.41) is 0. The molecule has 62 heavy (non-hydrogen) atoms. The van der Waals surface area contributed by atoms with Crippen LogP contribution in [0.5, 0.6) is 0 Å². The molecule has 0 spiro atoms. The molecule has 0 saturated carbocycles. The van der Waals surface area contributed by atoms with Crippen LogP contribution in [-0.2, 0) is 28.6 Å². The minimum atomic E-state index is -0.821. The molecule has 0 aromatic rings. The summed E-state index contributed by atoms with van der Waals surface area (Å²) in [5.41, 5.74) is 0. The van der Waals surface area contributed by atoms with Crippen LogP contribution in [0.15, 0.2) is 122 Å². The summed E-state index contributed by atoms with van der Waals surface area (Å²) in [4.78, 5) is 37.9. The minimum absolute atomic E-state index is 0.116. The van der Waals surface area contributed by atoms with Gasteiger partial charge >= 0.3 is 17.9 Å². The summed E-state index contributed by atoms with van der Waals surface area (Å²) in [5.74, 6) is -1.02. The van der Waals surface area contributed by atoms with Gasteiger partial charge in [0.05, 0.1) is 0 Å². The predicted molar refractivity (Wildman–Crippen MR) is 265 cm³/mol. The summed E-state index contributed by atoms with van der Waals surface area (Å²) in [6.45, 7) is 6.25. The molecule has 6 heteroatoms. The molecular weight excluding hydrogens is 769 g/mol. The Kier molecular flexibility index (Phi) is 46.1. The van der Waals surface area contributed by atoms with Gasteiger partial charge in [-0.25, -0.2) is 0 Å². The molecule has 1 atom stereocenters. The molecule has 0 bridgehead atoms. The smallest absolute Gasteiger partial charge is 0.306 e. The topological polar surface area (TPSA) is 78.9 Å². The van der Waals surface area contributed by atoms with Crippen molar-refractivity contribution in [2.24, 2.45) is 0 Å². The highest BCUT2D eigenvalue weighted by atomic mass is 16.6. The number of rotatable bonds is 42. The average molecular weight is 857 g/mol. The van der Waals surface area contributed by atoms with E-state index in [1.54, 1.807) is 0 Å². The highest BCUT2D eigenvalue weighted by molar-refractivity contribution is 5.71. The molecule has 0 aliphatic rings. The van der Waals surface area contributed by atoms with Crippen LogP contribution in [0, 0.1) is 0 Å². The van der Waals surface area contributed by atoms with E-state index in [9.17, 15) is 14.4 Å². The first-order valence-electron chi connectivity index (χ1n) is 24.6. The largest absolute Gasteiger partial charge is 0.462 e. The number of allylic oxidation sites excluding steroid dienone is 20. The molecule has 0 aliphatic carbocycles. The maximum absolute atomic E-state index is 12.8. The van der Waals surface area contributed by atoms with Crippen LogP contribution in [0.25, 0.3) is 0 Å². The van der Waals surface area contributed by atoms with E-state index >= 15 is 0 Å². The van der Waals surface area contributed by atoms with Gasteiger partial charge in [0.25, 0.3) is 0 Å². The second-order valence-corrected chi connectivity index (χ2v) is 15.7. The van der Waals surface area contributed by atoms with Crippen molar-refractivity contribution in [2.45, 2.75) is 200 Å². The Hall–Kier alpha value is -4.19. The van der Waals surface area contributed by atoms with Crippen LogP contribution in [0.2, 0.25) is 0 Å². The Morgan fingerprint density at radius 1 is 0.355 bits per heavy atom. The Bertz CT molecular complexity index is 1350. The molecule has 0 saturated heterocycles. The molecule has 6 nitrogen and oxygen atoms in total. The predicted octanol–water partition coefficient (Wildman–Crippen LogP) is 16.1. The Balaban J connectivity index is 4.56. The van der Waals surface area contributed by atoms with E-state index in [0.29, 0.717) is 12.8 Å². The fourth-order valence-electron chi connectivity index (χ4n) is 6.13. The van der Waals surface area contributed by atoms with Crippen LogP contribution in [-0.4, -0.2) is 37.2 Å². The van der Waals surface area contributed by atoms with Crippen molar-refractivity contribution in [1.29, 1.82) is 0 Å². The zero-order chi connectivity index (χ0) is 45.1. The zero-order valence-electron chi connectivity index (χ0n) is 39.6. The lowest BCUT2D eigenvalue weighted by atomic mass is 10.1. The van der Waals surface area contributed by atoms with Crippen molar-refractivity contribution in [2.75, 3.05) is 13.2 Å². The molecule has 0 rings (SSSR count). The lowest BCUT2D eigenvalue weighted by molar-refractivity contribution is -0.167. The lowest BCUT2D eigenvalue weighted by Crippen LogP contribution is -2.30. The van der Waals surface area contributed by atoms with E-state index in [4.69, 9.17) is 14.2 Å². The van der Waals surface area contributed by atoms with Gasteiger partial charge in [0.1, 0.15) is 13.2 Å². The maximum Gasteiger partial charge on any atom is 0.306 e. The second-order valence-electron chi connectivity index (χ2n) is 15.7. The fourth-order valence-corrected chi connectivity index (χ4v) is 6.13. The number of unbranched alkanes of at least 4 members (excludes halogenated alkanes) is 14. The number of hydrogen-bond acceptors (Lipinski definition) is 6. The van der Waals surface area contributed by atoms with Crippen molar-refractivity contribution in [3.63, 3.8) is 0 Å². The molecule has 0 aromatic carbocycles. The van der Waals surface area contributed by atoms with Crippen LogP contribution < -0.4 is 0 Å². The van der Waals surface area contributed by atoms with E-state index in [2.05, 4.69) is 118 Å². The minimum Gasteiger partial charge on any atom is -0.462 e. The third-order valence-corrected chi connectivity index (χ3v) is 9.78. The zero-order valence-corrected chi connectivity index (χ0v) is 39.6. The molecule has 0 radical (unpaired) electrons. The Morgan fingerprint density at radius 2 is 0.726 bits per heavy atom. The molecule has 1 unspecified atom stereocenters. The van der Waals surface area contributed by atoms with Gasteiger partial charge in [-0.15, -0.1) is 0 Å². The summed E-state index contributed by atoms with van der Waals surface area (Å²) in [6, 6.07) is 0. The van der Waals surface area contributed by atoms with Crippen molar-refractivity contribution in [3.8, 4) is 0 Å². The third kappa shape index (κ3) is 46.9. The standard InChI is InChI=1S/C56H88O6/c1-4-7-10-13-16-19-22-25-27-28-30-31-34-37-40-43-46-49-55(58)61-52-53(51-60-54(57)48-45-42-39-36-33-24-21-18-15-12-9-6-3)62-56(59)50-47-44-41-38-35-32-29-26-23-20-17-14-11-8-5-2/h8-9,11-12,14,16-21,23,25-27,29-31,37,40,53H,4-7,10,13,15,22,24,28,32-36,38-39,41-52H2,1-3H3/b11-8-,12-9-,17-14-,19-16-,21-18-,23-20-,27-25-,29-26-,31-30-,40-37-. The fraction of sp³-hybridized carbons (Fsp3) is 0.589. The summed E-state index contributed by atoms with van der Waals surface area (Å²) < 4.78 is 16.7. The molecular formula is C56H88O6. The Labute approximate surface area is 380 Å². The monoisotopic (exact) mass is 857 g/mol. The van der Waals surface area contributed by atoms with Crippen molar-refractivity contribution >= 4 is 17.9 Å². The van der Waals surface area contributed by atoms with E-state index in [0.717, 1.165) is 122 Å². The van der Waals surface area contributed by atoms with Gasteiger partial charge in [0, 0.05) is 19.3 Å². The van der Waals surface area contributed by atoms with Crippen LogP contribution in [0.3, 0.4) is 0 Å². The van der Waals surface area contributed by atoms with Gasteiger partial charge in [-0.3, -0.25) is 14.4 Å². The van der Waals surface area contributed by atoms with Crippen LogP contribution >= 0.6 is 0 Å². The van der Waals surface area contributed by atoms with E-state index < -0.39 is 6.10 Å². The summed E-state index contributed by atoms with van der Waals surface area (Å²) >= 11 is 0. The number of hydrogen-bond donors (Lipinski definition) is 0. The maximum atomic E-state index is 12.8. The number of esters is 3. The van der Waals surface area contributed by atoms with Crippen LogP contribution in [0.1, 0.15) is 194 Å². The van der Waals surface area contributed by atoms with E-state index in [1.165, 1.54) is 25.7 Å². The summed E-state index contributed by atoms with van der Waals surface area (Å²) in [6.07, 6.45) is 67.5. The summed E-state index contributed by atoms with van der Waals surface area (Å²) in [7, 11) is 0. The molecule has 0 amide bonds. The first kappa shape index (κ1) is 57.8. The molecule has 0 N–H and O–H groups in total. The SMILES string of the molecule is CC\C=C/C=C\C=C/C=C\CCCCCCCC(=O)OC(COC(=O)CCC/C=C\C/C=C\C/C=C\C/C=C\CCCCC)COC(=O)CCCCCCC/C=C\C/C=C\CC. The molecule has 0 aliphatic heterocycles. The Morgan fingerprint density at radius 3 is 1.24 bits per heavy atom. The van der Waals surface area contributed by atoms with Gasteiger partial charge in [-0.05, 0) is 103 Å². The number of carbonyl (C=O) groups excluding carboxylic acids is 3. The van der Waals surface area contributed by atoms with E-state index in [-0.39, 0.29) is 44.0 Å². The lowest BCUT2D eigenvalue weighted by Gasteiger charge is -2.18. The molecule has 348 valence electrons. The van der Waals surface area contributed by atoms with Crippen molar-refractivity contribution < 1.29 is 28.6 Å². The second kappa shape index (κ2) is 49.5. The van der Waals surface area contributed by atoms with Crippen molar-refractivity contribution in [1.82, 2.24) is 0 Å². The molecule has 0 aromatic heterocycles. The number of carbonyl (C=O) groups is 3. The average Bonchev–Trinajstić information content (AvgIpc) is 3.27. The molecule has 0 heterocycles. The van der Waals surface area contributed by atoms with Gasteiger partial charge in [-0.1, -0.05) is 194 Å².